The molecule has 0 fully saturated rings. The number of benzene rings is 2. The maximum absolute atomic E-state index is 13.1. The Morgan fingerprint density at radius 3 is 2.65 bits per heavy atom. The number of methoxy groups -OCH3 is 1. The van der Waals surface area contributed by atoms with Gasteiger partial charge in [0.1, 0.15) is 12.4 Å². The summed E-state index contributed by atoms with van der Waals surface area (Å²) in [5.41, 5.74) is 1.83. The normalized spacial score (nSPS) is 10.8. The van der Waals surface area contributed by atoms with Crippen LogP contribution < -0.4 is 9.47 Å². The molecule has 0 saturated carbocycles. The fourth-order valence-corrected chi connectivity index (χ4v) is 1.89. The van der Waals surface area contributed by atoms with Crippen LogP contribution in [0, 0.1) is 5.82 Å². The van der Waals surface area contributed by atoms with Crippen molar-refractivity contribution < 1.29 is 13.9 Å². The van der Waals surface area contributed by atoms with E-state index in [1.165, 1.54) is 12.1 Å². The van der Waals surface area contributed by atoms with Gasteiger partial charge in [0.2, 0.25) is 0 Å². The van der Waals surface area contributed by atoms with Crippen molar-refractivity contribution in [1.82, 2.24) is 0 Å². The predicted molar refractivity (Wildman–Crippen MR) is 78.4 cm³/mol. The molecule has 104 valence electrons. The third-order valence-electron chi connectivity index (χ3n) is 2.83. The molecule has 2 rings (SSSR count). The molecule has 0 aliphatic heterocycles. The monoisotopic (exact) mass is 272 g/mol. The van der Waals surface area contributed by atoms with Crippen molar-refractivity contribution in [3.63, 3.8) is 0 Å². The minimum atomic E-state index is -0.263. The molecule has 2 aromatic carbocycles. The van der Waals surface area contributed by atoms with Gasteiger partial charge in [0, 0.05) is 0 Å². The van der Waals surface area contributed by atoms with E-state index < -0.39 is 0 Å². The van der Waals surface area contributed by atoms with Gasteiger partial charge < -0.3 is 9.47 Å². The number of allylic oxidation sites excluding steroid dienone is 1. The third-order valence-corrected chi connectivity index (χ3v) is 2.83. The lowest BCUT2D eigenvalue weighted by atomic mass is 10.2. The van der Waals surface area contributed by atoms with Crippen LogP contribution in [0.3, 0.4) is 0 Å². The highest BCUT2D eigenvalue weighted by atomic mass is 19.1. The van der Waals surface area contributed by atoms with E-state index in [2.05, 4.69) is 0 Å². The molecule has 0 aliphatic rings. The first-order valence-corrected chi connectivity index (χ1v) is 6.41. The molecular weight excluding hydrogens is 255 g/mol. The van der Waals surface area contributed by atoms with E-state index >= 15 is 0 Å². The summed E-state index contributed by atoms with van der Waals surface area (Å²) in [7, 11) is 1.60. The highest BCUT2D eigenvalue weighted by molar-refractivity contribution is 5.55. The van der Waals surface area contributed by atoms with Crippen molar-refractivity contribution in [3.05, 3.63) is 65.5 Å². The lowest BCUT2D eigenvalue weighted by Crippen LogP contribution is -1.98. The fourth-order valence-electron chi connectivity index (χ4n) is 1.89. The fraction of sp³-hybridized carbons (Fsp3) is 0.176. The van der Waals surface area contributed by atoms with Crippen LogP contribution in [0.2, 0.25) is 0 Å². The van der Waals surface area contributed by atoms with Crippen LogP contribution in [-0.2, 0) is 6.61 Å². The van der Waals surface area contributed by atoms with Crippen LogP contribution in [0.5, 0.6) is 11.5 Å². The van der Waals surface area contributed by atoms with Crippen molar-refractivity contribution in [2.24, 2.45) is 0 Å². The Bertz CT molecular complexity index is 606. The van der Waals surface area contributed by atoms with Gasteiger partial charge in [-0.15, -0.1) is 0 Å². The molecule has 0 aromatic heterocycles. The zero-order chi connectivity index (χ0) is 14.4. The maximum atomic E-state index is 13.1. The molecule has 0 radical (unpaired) electrons. The van der Waals surface area contributed by atoms with Crippen LogP contribution >= 0.6 is 0 Å². The molecule has 0 spiro atoms. The van der Waals surface area contributed by atoms with Crippen molar-refractivity contribution in [2.45, 2.75) is 13.5 Å². The largest absolute Gasteiger partial charge is 0.493 e. The van der Waals surface area contributed by atoms with Gasteiger partial charge in [-0.3, -0.25) is 0 Å². The van der Waals surface area contributed by atoms with Gasteiger partial charge in [0.15, 0.2) is 11.5 Å². The SMILES string of the molecule is C/C=C/c1ccc(OCc2cccc(F)c2)c(OC)c1. The smallest absolute Gasteiger partial charge is 0.161 e. The van der Waals surface area contributed by atoms with Crippen molar-refractivity contribution in [3.8, 4) is 11.5 Å². The van der Waals surface area contributed by atoms with E-state index in [9.17, 15) is 4.39 Å². The second-order valence-electron chi connectivity index (χ2n) is 4.33. The molecule has 0 unspecified atom stereocenters. The highest BCUT2D eigenvalue weighted by Crippen LogP contribution is 2.29. The van der Waals surface area contributed by atoms with Gasteiger partial charge in [-0.2, -0.15) is 0 Å². The maximum Gasteiger partial charge on any atom is 0.161 e. The quantitative estimate of drug-likeness (QED) is 0.800. The van der Waals surface area contributed by atoms with Crippen LogP contribution in [0.4, 0.5) is 4.39 Å². The minimum absolute atomic E-state index is 0.263. The van der Waals surface area contributed by atoms with Gasteiger partial charge >= 0.3 is 0 Å². The summed E-state index contributed by atoms with van der Waals surface area (Å²) in [6.45, 7) is 2.26. The first-order chi connectivity index (χ1) is 9.72. The van der Waals surface area contributed by atoms with E-state index in [-0.39, 0.29) is 5.82 Å². The number of ether oxygens (including phenoxy) is 2. The molecule has 2 nitrogen and oxygen atoms in total. The van der Waals surface area contributed by atoms with Crippen molar-refractivity contribution in [1.29, 1.82) is 0 Å². The summed E-state index contributed by atoms with van der Waals surface area (Å²) < 4.78 is 24.1. The molecule has 3 heteroatoms. The topological polar surface area (TPSA) is 18.5 Å². The third kappa shape index (κ3) is 3.60. The standard InChI is InChI=1S/C17H17FO2/c1-3-5-13-8-9-16(17(11-13)19-2)20-12-14-6-4-7-15(18)10-14/h3-11H,12H2,1-2H3/b5-3+. The Morgan fingerprint density at radius 2 is 1.95 bits per heavy atom. The zero-order valence-corrected chi connectivity index (χ0v) is 11.6. The molecule has 0 N–H and O–H groups in total. The predicted octanol–water partition coefficient (Wildman–Crippen LogP) is 4.45. The molecule has 2 aromatic rings. The second-order valence-corrected chi connectivity index (χ2v) is 4.33. The van der Waals surface area contributed by atoms with Gasteiger partial charge in [-0.05, 0) is 42.3 Å². The second kappa shape index (κ2) is 6.75. The minimum Gasteiger partial charge on any atom is -0.493 e. The average molecular weight is 272 g/mol. The molecule has 0 amide bonds. The van der Waals surface area contributed by atoms with Gasteiger partial charge in [-0.25, -0.2) is 4.39 Å². The number of halogens is 1. The zero-order valence-electron chi connectivity index (χ0n) is 11.6. The number of hydrogen-bond donors (Lipinski definition) is 0. The first-order valence-electron chi connectivity index (χ1n) is 6.41. The Kier molecular flexibility index (Phi) is 4.77. The molecule has 0 atom stereocenters. The van der Waals surface area contributed by atoms with Crippen molar-refractivity contribution in [2.75, 3.05) is 7.11 Å². The van der Waals surface area contributed by atoms with E-state index in [1.54, 1.807) is 13.2 Å². The van der Waals surface area contributed by atoms with Gasteiger partial charge in [-0.1, -0.05) is 30.4 Å². The Balaban J connectivity index is 2.13. The first kappa shape index (κ1) is 14.1. The summed E-state index contributed by atoms with van der Waals surface area (Å²) >= 11 is 0. The van der Waals surface area contributed by atoms with Crippen LogP contribution in [-0.4, -0.2) is 7.11 Å². The van der Waals surface area contributed by atoms with Crippen LogP contribution in [0.1, 0.15) is 18.1 Å². The number of hydrogen-bond acceptors (Lipinski definition) is 2. The molecule has 0 heterocycles. The summed E-state index contributed by atoms with van der Waals surface area (Å²) in [6, 6.07) is 12.1. The Morgan fingerprint density at radius 1 is 1.10 bits per heavy atom. The molecule has 20 heavy (non-hydrogen) atoms. The average Bonchev–Trinajstić information content (AvgIpc) is 2.46. The van der Waals surface area contributed by atoms with E-state index in [0.29, 0.717) is 18.1 Å². The lowest BCUT2D eigenvalue weighted by molar-refractivity contribution is 0.284. The lowest BCUT2D eigenvalue weighted by Gasteiger charge is -2.11. The number of rotatable bonds is 5. The van der Waals surface area contributed by atoms with E-state index in [0.717, 1.165) is 11.1 Å². The summed E-state index contributed by atoms with van der Waals surface area (Å²) in [6.07, 6.45) is 3.95. The van der Waals surface area contributed by atoms with Gasteiger partial charge in [0.05, 0.1) is 7.11 Å². The van der Waals surface area contributed by atoms with E-state index in [4.69, 9.17) is 9.47 Å². The summed E-state index contributed by atoms with van der Waals surface area (Å²) in [5.74, 6) is 1.04. The Hall–Kier alpha value is -2.29. The van der Waals surface area contributed by atoms with E-state index in [1.807, 2.05) is 43.3 Å². The van der Waals surface area contributed by atoms with Gasteiger partial charge in [0.25, 0.3) is 0 Å². The van der Waals surface area contributed by atoms with Crippen molar-refractivity contribution >= 4 is 6.08 Å². The summed E-state index contributed by atoms with van der Waals surface area (Å²) in [5, 5.41) is 0. The van der Waals surface area contributed by atoms with Crippen LogP contribution in [0.15, 0.2) is 48.5 Å². The Labute approximate surface area is 118 Å². The van der Waals surface area contributed by atoms with Crippen LogP contribution in [0.25, 0.3) is 6.08 Å². The molecular formula is C17H17FO2. The molecule has 0 bridgehead atoms. The highest BCUT2D eigenvalue weighted by Gasteiger charge is 2.05. The summed E-state index contributed by atoms with van der Waals surface area (Å²) in [4.78, 5) is 0. The molecule has 0 aliphatic carbocycles. The molecule has 0 saturated heterocycles.